The number of ether oxygens (including phenoxy) is 5. The predicted octanol–water partition coefficient (Wildman–Crippen LogP) is 2.45. The van der Waals surface area contributed by atoms with Crippen molar-refractivity contribution >= 4 is 44.6 Å². The fourth-order valence-corrected chi connectivity index (χ4v) is 8.04. The number of rotatable bonds is 9. The molecule has 234 valence electrons. The van der Waals surface area contributed by atoms with Crippen LogP contribution in [0.2, 0.25) is 0 Å². The monoisotopic (exact) mass is 650 g/mol. The lowest BCUT2D eigenvalue weighted by atomic mass is 9.89. The van der Waals surface area contributed by atoms with E-state index in [4.69, 9.17) is 29.4 Å². The Morgan fingerprint density at radius 2 is 1.44 bits per heavy atom. The van der Waals surface area contributed by atoms with Crippen LogP contribution in [0.1, 0.15) is 17.0 Å². The van der Waals surface area contributed by atoms with Gasteiger partial charge < -0.3 is 29.4 Å². The summed E-state index contributed by atoms with van der Waals surface area (Å²) < 4.78 is 56.8. The molecule has 0 saturated heterocycles. The van der Waals surface area contributed by atoms with Gasteiger partial charge in [0.1, 0.15) is 15.4 Å². The third kappa shape index (κ3) is 5.44. The summed E-state index contributed by atoms with van der Waals surface area (Å²) in [6.07, 6.45) is 1.60. The fraction of sp³-hybridized carbons (Fsp3) is 0.188. The molecule has 0 amide bonds. The van der Waals surface area contributed by atoms with Crippen LogP contribution >= 0.6 is 11.3 Å². The Morgan fingerprint density at radius 3 is 2.04 bits per heavy atom. The van der Waals surface area contributed by atoms with E-state index in [-0.39, 0.29) is 30.4 Å². The summed E-state index contributed by atoms with van der Waals surface area (Å²) in [4.78, 5) is 27.2. The molecular weight excluding hydrogens is 620 g/mol. The molecule has 3 aromatic carbocycles. The maximum atomic E-state index is 14.4. The first-order valence-electron chi connectivity index (χ1n) is 13.4. The zero-order chi connectivity index (χ0) is 32.5. The second kappa shape index (κ2) is 12.5. The molecule has 4 aromatic rings. The van der Waals surface area contributed by atoms with Crippen LogP contribution in [0.3, 0.4) is 0 Å². The standard InChI is InChI=1S/C32H30N2O9S2/c1-39-21-13-11-18(15-23(21)41-3)16-25-30(35)34-29(33)28(45(37,38)20-9-7-6-8-10-20)26(27(31(34)44-25)32(36)43-5)19-12-14-22(40-2)24(17-19)42-4/h6-17,26H,33H2,1-5H3/b25-16+/t26-/m0/s1. The van der Waals surface area contributed by atoms with Crippen molar-refractivity contribution in [2.24, 2.45) is 5.73 Å². The summed E-state index contributed by atoms with van der Waals surface area (Å²) in [5.41, 5.74) is 6.91. The summed E-state index contributed by atoms with van der Waals surface area (Å²) in [6, 6.07) is 17.5. The Balaban J connectivity index is 1.91. The highest BCUT2D eigenvalue weighted by Crippen LogP contribution is 2.44. The normalized spacial score (nSPS) is 15.0. The van der Waals surface area contributed by atoms with Gasteiger partial charge >= 0.3 is 5.97 Å². The highest BCUT2D eigenvalue weighted by Gasteiger charge is 2.42. The number of sulfone groups is 1. The van der Waals surface area contributed by atoms with Crippen LogP contribution in [0.15, 0.2) is 81.3 Å². The molecule has 1 aliphatic heterocycles. The molecule has 13 heteroatoms. The van der Waals surface area contributed by atoms with Crippen LogP contribution in [0, 0.1) is 0 Å². The Labute approximate surface area is 262 Å². The minimum absolute atomic E-state index is 0.0681. The first kappa shape index (κ1) is 31.4. The van der Waals surface area contributed by atoms with E-state index in [9.17, 15) is 18.0 Å². The van der Waals surface area contributed by atoms with Crippen molar-refractivity contribution in [1.29, 1.82) is 0 Å². The summed E-state index contributed by atoms with van der Waals surface area (Å²) in [5, 5.41) is 0. The van der Waals surface area contributed by atoms with E-state index in [0.717, 1.165) is 15.9 Å². The van der Waals surface area contributed by atoms with Gasteiger partial charge in [-0.2, -0.15) is 0 Å². The molecule has 1 aliphatic rings. The lowest BCUT2D eigenvalue weighted by molar-refractivity contribution is -0.134. The lowest BCUT2D eigenvalue weighted by Crippen LogP contribution is -2.41. The fourth-order valence-electron chi connectivity index (χ4n) is 5.17. The molecule has 0 spiro atoms. The highest BCUT2D eigenvalue weighted by molar-refractivity contribution is 7.95. The Kier molecular flexibility index (Phi) is 8.75. The quantitative estimate of drug-likeness (QED) is 0.268. The minimum Gasteiger partial charge on any atom is -0.493 e. The van der Waals surface area contributed by atoms with Crippen LogP contribution in [-0.2, 0) is 19.4 Å². The summed E-state index contributed by atoms with van der Waals surface area (Å²) >= 11 is 0.980. The van der Waals surface area contributed by atoms with Crippen LogP contribution in [0.5, 0.6) is 23.0 Å². The number of carbonyl (C=O) groups is 1. The number of nitrogens with zero attached hydrogens (tertiary/aromatic N) is 1. The molecule has 0 fully saturated rings. The van der Waals surface area contributed by atoms with Crippen molar-refractivity contribution < 1.29 is 36.9 Å². The molecule has 0 radical (unpaired) electrons. The van der Waals surface area contributed by atoms with Crippen molar-refractivity contribution in [3.63, 3.8) is 0 Å². The van der Waals surface area contributed by atoms with Gasteiger partial charge in [0.2, 0.25) is 9.84 Å². The Morgan fingerprint density at radius 1 is 0.844 bits per heavy atom. The number of methoxy groups -OCH3 is 5. The van der Waals surface area contributed by atoms with Gasteiger partial charge in [-0.25, -0.2) is 13.2 Å². The predicted molar refractivity (Wildman–Crippen MR) is 170 cm³/mol. The molecule has 45 heavy (non-hydrogen) atoms. The Hall–Kier alpha value is -5.01. The number of thiazole rings is 1. The maximum Gasteiger partial charge on any atom is 0.337 e. The number of nitrogens with two attached hydrogens (primary N) is 1. The number of hydrogen-bond acceptors (Lipinski definition) is 11. The minimum atomic E-state index is -4.39. The molecule has 11 nitrogen and oxygen atoms in total. The number of carbonyl (C=O) groups excluding carboxylic acids is 1. The maximum absolute atomic E-state index is 14.4. The van der Waals surface area contributed by atoms with Gasteiger partial charge in [0.05, 0.1) is 56.5 Å². The zero-order valence-corrected chi connectivity index (χ0v) is 26.7. The van der Waals surface area contributed by atoms with Gasteiger partial charge in [-0.05, 0) is 53.6 Å². The average Bonchev–Trinajstić information content (AvgIpc) is 3.39. The van der Waals surface area contributed by atoms with Gasteiger partial charge in [0, 0.05) is 0 Å². The van der Waals surface area contributed by atoms with Gasteiger partial charge in [0.15, 0.2) is 23.0 Å². The first-order chi connectivity index (χ1) is 21.6. The molecule has 2 heterocycles. The number of hydrogen-bond donors (Lipinski definition) is 1. The third-order valence-corrected chi connectivity index (χ3v) is 10.3. The van der Waals surface area contributed by atoms with Crippen LogP contribution in [0.25, 0.3) is 17.5 Å². The SMILES string of the molecule is COC(=O)C1=c2s/c(=C/c3ccc(OC)c(OC)c3)c(=O)n2C(N)=C(S(=O)(=O)c2ccccc2)[C@H]1c1ccc(OC)c(OC)c1. The first-order valence-corrected chi connectivity index (χ1v) is 15.7. The van der Waals surface area contributed by atoms with Gasteiger partial charge in [0.25, 0.3) is 5.56 Å². The molecule has 0 aliphatic carbocycles. The van der Waals surface area contributed by atoms with Crippen molar-refractivity contribution in [3.8, 4) is 23.0 Å². The van der Waals surface area contributed by atoms with E-state index >= 15 is 0 Å². The molecule has 0 unspecified atom stereocenters. The molecule has 1 atom stereocenters. The van der Waals surface area contributed by atoms with Crippen molar-refractivity contribution in [2.45, 2.75) is 10.8 Å². The topological polar surface area (TPSA) is 145 Å². The summed E-state index contributed by atoms with van der Waals surface area (Å²) in [5.74, 6) is -0.816. The van der Waals surface area contributed by atoms with Crippen LogP contribution in [-0.4, -0.2) is 54.5 Å². The average molecular weight is 651 g/mol. The second-order valence-electron chi connectivity index (χ2n) is 9.69. The zero-order valence-electron chi connectivity index (χ0n) is 25.0. The van der Waals surface area contributed by atoms with Crippen molar-refractivity contribution in [3.05, 3.63) is 102 Å². The van der Waals surface area contributed by atoms with Crippen LogP contribution in [0.4, 0.5) is 0 Å². The van der Waals surface area contributed by atoms with E-state index in [2.05, 4.69) is 0 Å². The van der Waals surface area contributed by atoms with Crippen molar-refractivity contribution in [1.82, 2.24) is 4.57 Å². The molecule has 1 aromatic heterocycles. The molecule has 2 N–H and O–H groups in total. The van der Waals surface area contributed by atoms with Crippen LogP contribution < -0.4 is 39.4 Å². The lowest BCUT2D eigenvalue weighted by Gasteiger charge is -2.28. The summed E-state index contributed by atoms with van der Waals surface area (Å²) in [7, 11) is 2.70. The number of allylic oxidation sites excluding steroid dienone is 1. The van der Waals surface area contributed by atoms with E-state index in [1.54, 1.807) is 60.7 Å². The van der Waals surface area contributed by atoms with E-state index < -0.39 is 27.3 Å². The number of esters is 1. The molecular formula is C32H30N2O9S2. The number of aromatic nitrogens is 1. The molecule has 0 bridgehead atoms. The number of fused-ring (bicyclic) bond motifs is 1. The largest absolute Gasteiger partial charge is 0.493 e. The Bertz CT molecular complexity index is 2120. The molecule has 5 rings (SSSR count). The van der Waals surface area contributed by atoms with Crippen molar-refractivity contribution in [2.75, 3.05) is 35.5 Å². The second-order valence-corrected chi connectivity index (χ2v) is 12.6. The molecule has 0 saturated carbocycles. The van der Waals surface area contributed by atoms with Gasteiger partial charge in [-0.3, -0.25) is 9.36 Å². The van der Waals surface area contributed by atoms with E-state index in [1.807, 2.05) is 0 Å². The summed E-state index contributed by atoms with van der Waals surface area (Å²) in [6.45, 7) is 0. The third-order valence-electron chi connectivity index (χ3n) is 7.29. The van der Waals surface area contributed by atoms with E-state index in [1.165, 1.54) is 47.7 Å². The van der Waals surface area contributed by atoms with E-state index in [0.29, 0.717) is 34.1 Å². The number of benzene rings is 3. The smallest absolute Gasteiger partial charge is 0.337 e. The van der Waals surface area contributed by atoms with Gasteiger partial charge in [-0.1, -0.05) is 30.3 Å². The highest BCUT2D eigenvalue weighted by atomic mass is 32.2. The van der Waals surface area contributed by atoms with Gasteiger partial charge in [-0.15, -0.1) is 11.3 Å².